The molecule has 4 rings (SSSR count). The van der Waals surface area contributed by atoms with Crippen LogP contribution in [0.5, 0.6) is 0 Å². The molecule has 2 aromatic carbocycles. The van der Waals surface area contributed by atoms with Crippen LogP contribution in [0.3, 0.4) is 0 Å². The quantitative estimate of drug-likeness (QED) is 0.487. The Balaban J connectivity index is 1.62. The van der Waals surface area contributed by atoms with Gasteiger partial charge in [-0.25, -0.2) is 5.48 Å². The second-order valence-electron chi connectivity index (χ2n) is 7.69. The zero-order valence-electron chi connectivity index (χ0n) is 17.8. The number of hydroxylamine groups is 1. The molecule has 1 aliphatic rings. The maximum atomic E-state index is 13.1. The van der Waals surface area contributed by atoms with Gasteiger partial charge < -0.3 is 0 Å². The summed E-state index contributed by atoms with van der Waals surface area (Å²) < 4.78 is 39.3. The first kappa shape index (κ1) is 23.5. The zero-order chi connectivity index (χ0) is 23.6. The number of hydrogen-bond donors (Lipinski definition) is 1. The summed E-state index contributed by atoms with van der Waals surface area (Å²) in [4.78, 5) is 10.7. The highest BCUT2D eigenvalue weighted by molar-refractivity contribution is 7.99. The van der Waals surface area contributed by atoms with Crippen molar-refractivity contribution in [2.24, 2.45) is 4.99 Å². The first-order valence-corrected chi connectivity index (χ1v) is 11.3. The van der Waals surface area contributed by atoms with Crippen molar-refractivity contribution in [2.45, 2.75) is 42.4 Å². The lowest BCUT2D eigenvalue weighted by Gasteiger charge is -2.23. The lowest BCUT2D eigenvalue weighted by Crippen LogP contribution is -2.37. The van der Waals surface area contributed by atoms with Gasteiger partial charge in [-0.15, -0.1) is 10.2 Å². The van der Waals surface area contributed by atoms with Gasteiger partial charge in [-0.05, 0) is 55.7 Å². The molecule has 5 nitrogen and oxygen atoms in total. The van der Waals surface area contributed by atoms with E-state index in [-0.39, 0.29) is 11.2 Å². The smallest absolute Gasteiger partial charge is 0.272 e. The second-order valence-corrected chi connectivity index (χ2v) is 9.14. The number of rotatable bonds is 5. The molecule has 1 N–H and O–H groups in total. The van der Waals surface area contributed by atoms with E-state index in [1.165, 1.54) is 22.8 Å². The number of benzene rings is 2. The van der Waals surface area contributed by atoms with E-state index in [1.54, 1.807) is 12.1 Å². The van der Waals surface area contributed by atoms with Crippen LogP contribution in [0.15, 0.2) is 63.4 Å². The van der Waals surface area contributed by atoms with Crippen LogP contribution in [-0.4, -0.2) is 28.7 Å². The average Bonchev–Trinajstić information content (AvgIpc) is 2.77. The van der Waals surface area contributed by atoms with Crippen molar-refractivity contribution in [3.63, 3.8) is 0 Å². The molecule has 0 aliphatic carbocycles. The predicted octanol–water partition coefficient (Wildman–Crippen LogP) is 5.81. The number of halogens is 4. The average molecular weight is 493 g/mol. The molecule has 0 fully saturated rings. The van der Waals surface area contributed by atoms with E-state index in [0.29, 0.717) is 34.3 Å². The van der Waals surface area contributed by atoms with E-state index < -0.39 is 11.7 Å². The largest absolute Gasteiger partial charge is 0.416 e. The fourth-order valence-corrected chi connectivity index (χ4v) is 4.51. The molecular weight excluding hydrogens is 473 g/mol. The van der Waals surface area contributed by atoms with Gasteiger partial charge in [0.2, 0.25) is 0 Å². The van der Waals surface area contributed by atoms with Crippen LogP contribution >= 0.6 is 23.4 Å². The molecule has 3 aromatic rings. The molecule has 1 aliphatic heterocycles. The maximum absolute atomic E-state index is 13.1. The monoisotopic (exact) mass is 492 g/mol. The van der Waals surface area contributed by atoms with E-state index in [0.717, 1.165) is 23.9 Å². The van der Waals surface area contributed by atoms with E-state index >= 15 is 0 Å². The van der Waals surface area contributed by atoms with E-state index in [1.807, 2.05) is 6.92 Å². The number of aliphatic imine (C=N–C) groups is 1. The van der Waals surface area contributed by atoms with Crippen molar-refractivity contribution in [3.8, 4) is 0 Å². The number of amidine groups is 1. The third-order valence-electron chi connectivity index (χ3n) is 5.07. The van der Waals surface area contributed by atoms with Crippen molar-refractivity contribution >= 4 is 29.2 Å². The molecule has 0 radical (unpaired) electrons. The van der Waals surface area contributed by atoms with Gasteiger partial charge in [0.15, 0.2) is 11.0 Å². The highest BCUT2D eigenvalue weighted by atomic mass is 35.5. The standard InChI is InChI=1S/C23H20ClF3N4OS/c1-13-6-7-15(14(2)8-13)9-17-12-32-31-21(28-17)19-11-20(24)29-30-22(19)33-18-5-3-4-16(10-18)23(25,26)27/h3-8,10-11,17H,9,12H2,1-2H3,(H,28,31). The number of alkyl halides is 3. The summed E-state index contributed by atoms with van der Waals surface area (Å²) in [6.07, 6.45) is -3.76. The van der Waals surface area contributed by atoms with Crippen LogP contribution in [0.2, 0.25) is 5.15 Å². The van der Waals surface area contributed by atoms with Gasteiger partial charge in [-0.3, -0.25) is 9.83 Å². The third kappa shape index (κ3) is 5.85. The van der Waals surface area contributed by atoms with Crippen molar-refractivity contribution in [1.29, 1.82) is 0 Å². The SMILES string of the molecule is Cc1ccc(CC2CONC(c3cc(Cl)nnc3Sc3cccc(C(F)(F)F)c3)=N2)c(C)c1. The molecule has 1 aromatic heterocycles. The molecule has 33 heavy (non-hydrogen) atoms. The Kier molecular flexibility index (Phi) is 6.92. The van der Waals surface area contributed by atoms with Crippen LogP contribution in [0, 0.1) is 13.8 Å². The Bertz CT molecular complexity index is 1200. The molecule has 1 atom stereocenters. The lowest BCUT2D eigenvalue weighted by molar-refractivity contribution is -0.137. The van der Waals surface area contributed by atoms with Crippen LogP contribution in [-0.2, 0) is 17.4 Å². The number of aromatic nitrogens is 2. The van der Waals surface area contributed by atoms with E-state index in [2.05, 4.69) is 40.8 Å². The number of hydrogen-bond acceptors (Lipinski definition) is 6. The second kappa shape index (κ2) is 9.70. The van der Waals surface area contributed by atoms with E-state index in [4.69, 9.17) is 21.4 Å². The van der Waals surface area contributed by atoms with Crippen molar-refractivity contribution in [1.82, 2.24) is 15.7 Å². The summed E-state index contributed by atoms with van der Waals surface area (Å²) in [7, 11) is 0. The maximum Gasteiger partial charge on any atom is 0.416 e. The van der Waals surface area contributed by atoms with Crippen LogP contribution in [0.25, 0.3) is 0 Å². The summed E-state index contributed by atoms with van der Waals surface area (Å²) in [5.41, 5.74) is 6.10. The summed E-state index contributed by atoms with van der Waals surface area (Å²) in [6.45, 7) is 4.48. The number of aryl methyl sites for hydroxylation is 2. The van der Waals surface area contributed by atoms with Gasteiger partial charge in [-0.2, -0.15) is 13.2 Å². The molecule has 0 saturated carbocycles. The van der Waals surface area contributed by atoms with E-state index in [9.17, 15) is 13.2 Å². The molecule has 0 amide bonds. The number of nitrogens with zero attached hydrogens (tertiary/aromatic N) is 3. The normalized spacial score (nSPS) is 16.3. The molecule has 0 saturated heterocycles. The summed E-state index contributed by atoms with van der Waals surface area (Å²) in [5, 5.41) is 8.45. The zero-order valence-corrected chi connectivity index (χ0v) is 19.4. The Morgan fingerprint density at radius 2 is 1.94 bits per heavy atom. The van der Waals surface area contributed by atoms with Crippen LogP contribution in [0.4, 0.5) is 13.2 Å². The van der Waals surface area contributed by atoms with Crippen LogP contribution < -0.4 is 5.48 Å². The van der Waals surface area contributed by atoms with Crippen molar-refractivity contribution in [2.75, 3.05) is 6.61 Å². The Morgan fingerprint density at radius 3 is 2.70 bits per heavy atom. The molecule has 10 heteroatoms. The van der Waals surface area contributed by atoms with Gasteiger partial charge >= 0.3 is 6.18 Å². The Hall–Kier alpha value is -2.62. The minimum absolute atomic E-state index is 0.138. The number of nitrogens with one attached hydrogen (secondary N) is 1. The summed E-state index contributed by atoms with van der Waals surface area (Å²) >= 11 is 7.12. The summed E-state index contributed by atoms with van der Waals surface area (Å²) in [6, 6.07) is 12.7. The molecule has 0 bridgehead atoms. The van der Waals surface area contributed by atoms with Gasteiger partial charge in [0, 0.05) is 4.90 Å². The minimum Gasteiger partial charge on any atom is -0.272 e. The first-order chi connectivity index (χ1) is 15.7. The molecule has 0 spiro atoms. The Morgan fingerprint density at radius 1 is 1.12 bits per heavy atom. The summed E-state index contributed by atoms with van der Waals surface area (Å²) in [5.74, 6) is 0.405. The van der Waals surface area contributed by atoms with Gasteiger partial charge in [0.25, 0.3) is 0 Å². The highest BCUT2D eigenvalue weighted by Crippen LogP contribution is 2.35. The third-order valence-corrected chi connectivity index (χ3v) is 6.24. The lowest BCUT2D eigenvalue weighted by atomic mass is 9.99. The highest BCUT2D eigenvalue weighted by Gasteiger charge is 2.30. The first-order valence-electron chi connectivity index (χ1n) is 10.1. The molecule has 1 unspecified atom stereocenters. The fraction of sp³-hybridized carbons (Fsp3) is 0.261. The Labute approximate surface area is 198 Å². The topological polar surface area (TPSA) is 59.4 Å². The fourth-order valence-electron chi connectivity index (χ4n) is 3.46. The predicted molar refractivity (Wildman–Crippen MR) is 122 cm³/mol. The molecule has 172 valence electrons. The van der Waals surface area contributed by atoms with Crippen LogP contribution in [0.1, 0.15) is 27.8 Å². The van der Waals surface area contributed by atoms with Crippen molar-refractivity contribution < 1.29 is 18.0 Å². The molecule has 2 heterocycles. The minimum atomic E-state index is -4.44. The van der Waals surface area contributed by atoms with Gasteiger partial charge in [0.1, 0.15) is 5.03 Å². The van der Waals surface area contributed by atoms with Crippen molar-refractivity contribution in [3.05, 3.63) is 81.5 Å². The van der Waals surface area contributed by atoms with Gasteiger partial charge in [0.05, 0.1) is 23.8 Å². The molecular formula is C23H20ClF3N4OS. The van der Waals surface area contributed by atoms with Gasteiger partial charge in [-0.1, -0.05) is 53.2 Å².